The van der Waals surface area contributed by atoms with Crippen LogP contribution in [-0.2, 0) is 4.74 Å². The second kappa shape index (κ2) is 15.8. The fourth-order valence-corrected chi connectivity index (χ4v) is 3.23. The van der Waals surface area contributed by atoms with Crippen molar-refractivity contribution in [2.45, 2.75) is 26.7 Å². The van der Waals surface area contributed by atoms with E-state index in [9.17, 15) is 0 Å². The highest BCUT2D eigenvalue weighted by molar-refractivity contribution is 14.0. The van der Waals surface area contributed by atoms with E-state index in [1.54, 1.807) is 0 Å². The number of piperazine rings is 1. The summed E-state index contributed by atoms with van der Waals surface area (Å²) in [5.74, 6) is 0.897. The third-order valence-electron chi connectivity index (χ3n) is 4.73. The van der Waals surface area contributed by atoms with Crippen LogP contribution in [0.1, 0.15) is 26.7 Å². The first kappa shape index (κ1) is 25.0. The van der Waals surface area contributed by atoms with Crippen LogP contribution in [-0.4, -0.2) is 76.4 Å². The minimum Gasteiger partial charge on any atom is -0.380 e. The Morgan fingerprint density at radius 1 is 1.04 bits per heavy atom. The van der Waals surface area contributed by atoms with E-state index in [0.717, 1.165) is 71.4 Å². The van der Waals surface area contributed by atoms with Crippen LogP contribution in [0.15, 0.2) is 35.3 Å². The molecule has 28 heavy (non-hydrogen) atoms. The number of benzene rings is 1. The molecule has 6 nitrogen and oxygen atoms in total. The molecular weight excluding hydrogens is 465 g/mol. The second-order valence-electron chi connectivity index (χ2n) is 6.76. The Labute approximate surface area is 188 Å². The minimum absolute atomic E-state index is 0. The van der Waals surface area contributed by atoms with Gasteiger partial charge in [0, 0.05) is 58.1 Å². The SMILES string of the molecule is CCNC(=NCCCCN1CCN(c2ccccc2)CC1)NCCOCC.I. The number of hydrogen-bond acceptors (Lipinski definition) is 4. The van der Waals surface area contributed by atoms with Crippen molar-refractivity contribution in [2.24, 2.45) is 4.99 Å². The first-order valence-electron chi connectivity index (χ1n) is 10.5. The predicted molar refractivity (Wildman–Crippen MR) is 130 cm³/mol. The van der Waals surface area contributed by atoms with Crippen LogP contribution in [0.4, 0.5) is 5.69 Å². The van der Waals surface area contributed by atoms with E-state index in [-0.39, 0.29) is 24.0 Å². The van der Waals surface area contributed by atoms with E-state index in [1.807, 2.05) is 6.92 Å². The molecule has 2 rings (SSSR count). The van der Waals surface area contributed by atoms with Gasteiger partial charge in [-0.2, -0.15) is 0 Å². The summed E-state index contributed by atoms with van der Waals surface area (Å²) in [6.45, 7) is 13.9. The van der Waals surface area contributed by atoms with Gasteiger partial charge in [0.1, 0.15) is 0 Å². The molecule has 2 N–H and O–H groups in total. The molecule has 160 valence electrons. The number of unbranched alkanes of at least 4 members (excludes halogenated alkanes) is 1. The number of hydrogen-bond donors (Lipinski definition) is 2. The zero-order chi connectivity index (χ0) is 19.2. The van der Waals surface area contributed by atoms with Crippen LogP contribution in [0.3, 0.4) is 0 Å². The Kier molecular flexibility index (Phi) is 14.1. The van der Waals surface area contributed by atoms with Gasteiger partial charge in [0.15, 0.2) is 5.96 Å². The topological polar surface area (TPSA) is 52.1 Å². The maximum atomic E-state index is 5.35. The van der Waals surface area contributed by atoms with Crippen LogP contribution < -0.4 is 15.5 Å². The molecular formula is C21H38IN5O. The predicted octanol–water partition coefficient (Wildman–Crippen LogP) is 2.80. The number of ether oxygens (including phenoxy) is 1. The standard InChI is InChI=1S/C21H37N5O.HI/c1-3-22-21(24-13-19-27-4-2)23-12-8-9-14-25-15-17-26(18-16-25)20-10-6-5-7-11-20;/h5-7,10-11H,3-4,8-9,12-19H2,1-2H3,(H2,22,23,24);1H. The van der Waals surface area contributed by atoms with E-state index < -0.39 is 0 Å². The maximum Gasteiger partial charge on any atom is 0.191 e. The fraction of sp³-hybridized carbons (Fsp3) is 0.667. The van der Waals surface area contributed by atoms with Gasteiger partial charge in [0.05, 0.1) is 6.61 Å². The van der Waals surface area contributed by atoms with Gasteiger partial charge in [0.25, 0.3) is 0 Å². The Bertz CT molecular complexity index is 521. The summed E-state index contributed by atoms with van der Waals surface area (Å²) in [6.07, 6.45) is 2.33. The van der Waals surface area contributed by atoms with Crippen LogP contribution in [0.2, 0.25) is 0 Å². The van der Waals surface area contributed by atoms with Crippen molar-refractivity contribution in [3.8, 4) is 0 Å². The molecule has 7 heteroatoms. The number of nitrogens with zero attached hydrogens (tertiary/aromatic N) is 3. The lowest BCUT2D eigenvalue weighted by Gasteiger charge is -2.36. The first-order valence-corrected chi connectivity index (χ1v) is 10.5. The molecule has 1 fully saturated rings. The van der Waals surface area contributed by atoms with Gasteiger partial charge >= 0.3 is 0 Å². The molecule has 0 unspecified atom stereocenters. The highest BCUT2D eigenvalue weighted by Crippen LogP contribution is 2.15. The average Bonchev–Trinajstić information content (AvgIpc) is 2.72. The Morgan fingerprint density at radius 3 is 2.46 bits per heavy atom. The molecule has 1 saturated heterocycles. The monoisotopic (exact) mass is 503 g/mol. The number of anilines is 1. The molecule has 1 aromatic carbocycles. The van der Waals surface area contributed by atoms with Crippen LogP contribution in [0, 0.1) is 0 Å². The Balaban J connectivity index is 0.00000392. The van der Waals surface area contributed by atoms with Crippen molar-refractivity contribution < 1.29 is 4.74 Å². The summed E-state index contributed by atoms with van der Waals surface area (Å²) in [5, 5.41) is 6.60. The van der Waals surface area contributed by atoms with E-state index in [1.165, 1.54) is 18.7 Å². The normalized spacial score (nSPS) is 15.2. The van der Waals surface area contributed by atoms with Crippen LogP contribution in [0.25, 0.3) is 0 Å². The van der Waals surface area contributed by atoms with Gasteiger partial charge in [-0.15, -0.1) is 24.0 Å². The molecule has 0 aromatic heterocycles. The van der Waals surface area contributed by atoms with Crippen molar-refractivity contribution in [3.63, 3.8) is 0 Å². The quantitative estimate of drug-likeness (QED) is 0.211. The number of guanidine groups is 1. The van der Waals surface area contributed by atoms with Gasteiger partial charge in [0.2, 0.25) is 0 Å². The lowest BCUT2D eigenvalue weighted by molar-refractivity contribution is 0.152. The van der Waals surface area contributed by atoms with Crippen molar-refractivity contribution in [1.29, 1.82) is 0 Å². The molecule has 1 aliphatic heterocycles. The maximum absolute atomic E-state index is 5.35. The lowest BCUT2D eigenvalue weighted by atomic mass is 10.2. The molecule has 0 amide bonds. The van der Waals surface area contributed by atoms with Crippen molar-refractivity contribution in [3.05, 3.63) is 30.3 Å². The first-order chi connectivity index (χ1) is 13.3. The Morgan fingerprint density at radius 2 is 1.79 bits per heavy atom. The summed E-state index contributed by atoms with van der Waals surface area (Å²) in [4.78, 5) is 9.72. The highest BCUT2D eigenvalue weighted by Gasteiger charge is 2.16. The largest absolute Gasteiger partial charge is 0.380 e. The third-order valence-corrected chi connectivity index (χ3v) is 4.73. The molecule has 0 aliphatic carbocycles. The number of para-hydroxylation sites is 1. The highest BCUT2D eigenvalue weighted by atomic mass is 127. The molecule has 0 saturated carbocycles. The van der Waals surface area contributed by atoms with E-state index in [4.69, 9.17) is 4.74 Å². The summed E-state index contributed by atoms with van der Waals surface area (Å²) in [6, 6.07) is 10.7. The number of aliphatic imine (C=N–C) groups is 1. The second-order valence-corrected chi connectivity index (χ2v) is 6.76. The third kappa shape index (κ3) is 9.93. The minimum atomic E-state index is 0. The van der Waals surface area contributed by atoms with Crippen LogP contribution >= 0.6 is 24.0 Å². The van der Waals surface area contributed by atoms with Gasteiger partial charge in [-0.3, -0.25) is 9.89 Å². The zero-order valence-electron chi connectivity index (χ0n) is 17.5. The van der Waals surface area contributed by atoms with Crippen LogP contribution in [0.5, 0.6) is 0 Å². The molecule has 1 heterocycles. The number of nitrogens with one attached hydrogen (secondary N) is 2. The van der Waals surface area contributed by atoms with E-state index >= 15 is 0 Å². The Hall–Kier alpha value is -1.06. The molecule has 1 aromatic rings. The van der Waals surface area contributed by atoms with Gasteiger partial charge in [-0.25, -0.2) is 0 Å². The van der Waals surface area contributed by atoms with Crippen molar-refractivity contribution >= 4 is 35.6 Å². The zero-order valence-corrected chi connectivity index (χ0v) is 19.9. The summed E-state index contributed by atoms with van der Waals surface area (Å²) in [7, 11) is 0. The number of halogens is 1. The molecule has 0 bridgehead atoms. The molecule has 0 spiro atoms. The summed E-state index contributed by atoms with van der Waals surface area (Å²) in [5.41, 5.74) is 1.35. The molecule has 0 atom stereocenters. The van der Waals surface area contributed by atoms with Gasteiger partial charge in [-0.05, 0) is 45.4 Å². The van der Waals surface area contributed by atoms with Crippen molar-refractivity contribution in [1.82, 2.24) is 15.5 Å². The lowest BCUT2D eigenvalue weighted by Crippen LogP contribution is -2.46. The molecule has 0 radical (unpaired) electrons. The summed E-state index contributed by atoms with van der Waals surface area (Å²) >= 11 is 0. The fourth-order valence-electron chi connectivity index (χ4n) is 3.23. The summed E-state index contributed by atoms with van der Waals surface area (Å²) < 4.78 is 5.35. The average molecular weight is 503 g/mol. The van der Waals surface area contributed by atoms with Gasteiger partial charge in [-0.1, -0.05) is 18.2 Å². The smallest absolute Gasteiger partial charge is 0.191 e. The number of rotatable bonds is 11. The van der Waals surface area contributed by atoms with E-state index in [2.05, 4.69) is 62.7 Å². The van der Waals surface area contributed by atoms with Gasteiger partial charge < -0.3 is 20.3 Å². The van der Waals surface area contributed by atoms with Crippen molar-refractivity contribution in [2.75, 3.05) is 70.5 Å². The molecule has 1 aliphatic rings. The van der Waals surface area contributed by atoms with E-state index in [0.29, 0.717) is 0 Å².